The van der Waals surface area contributed by atoms with Gasteiger partial charge in [-0.2, -0.15) is 0 Å². The van der Waals surface area contributed by atoms with Crippen LogP contribution in [0.4, 0.5) is 11.4 Å². The maximum atomic E-state index is 12.2. The average Bonchev–Trinajstić information content (AvgIpc) is 2.38. The summed E-state index contributed by atoms with van der Waals surface area (Å²) in [6.07, 6.45) is 0.991. The zero-order valence-corrected chi connectivity index (χ0v) is 13.5. The number of hydrogen-bond donors (Lipinski definition) is 2. The fourth-order valence-electron chi connectivity index (χ4n) is 1.70. The predicted molar refractivity (Wildman–Crippen MR) is 85.9 cm³/mol. The summed E-state index contributed by atoms with van der Waals surface area (Å²) >= 11 is 0. The maximum Gasteiger partial charge on any atom is 0.236 e. The van der Waals surface area contributed by atoms with Crippen molar-refractivity contribution >= 4 is 21.4 Å². The van der Waals surface area contributed by atoms with Crippen LogP contribution in [0, 0.1) is 0 Å². The molecule has 2 N–H and O–H groups in total. The molecule has 0 aliphatic heterocycles. The lowest BCUT2D eigenvalue weighted by Gasteiger charge is -2.17. The normalized spacial score (nSPS) is 13.0. The highest BCUT2D eigenvalue weighted by Gasteiger charge is 2.20. The molecule has 0 amide bonds. The molecule has 0 aliphatic carbocycles. The molecule has 1 unspecified atom stereocenters. The average molecular weight is 299 g/mol. The minimum Gasteiger partial charge on any atom is -0.378 e. The summed E-state index contributed by atoms with van der Waals surface area (Å²) in [4.78, 5) is 1.93. The molecule has 0 bridgehead atoms. The van der Waals surface area contributed by atoms with Crippen molar-refractivity contribution in [2.45, 2.75) is 25.5 Å². The van der Waals surface area contributed by atoms with E-state index in [-0.39, 0.29) is 0 Å². The van der Waals surface area contributed by atoms with Crippen molar-refractivity contribution in [2.24, 2.45) is 0 Å². The van der Waals surface area contributed by atoms with Crippen LogP contribution in [0.15, 0.2) is 24.3 Å². The molecule has 0 spiro atoms. The van der Waals surface area contributed by atoms with Gasteiger partial charge < -0.3 is 10.2 Å². The molecule has 5 nitrogen and oxygen atoms in total. The van der Waals surface area contributed by atoms with E-state index in [0.29, 0.717) is 12.2 Å². The van der Waals surface area contributed by atoms with E-state index in [9.17, 15) is 8.42 Å². The van der Waals surface area contributed by atoms with Crippen molar-refractivity contribution in [2.75, 3.05) is 36.8 Å². The summed E-state index contributed by atoms with van der Waals surface area (Å²) in [6, 6.07) is 7.36. The van der Waals surface area contributed by atoms with Crippen molar-refractivity contribution in [1.29, 1.82) is 0 Å². The standard InChI is InChI=1S/C14H25N3O2S/c1-5-9-15-11-12(2)20(18,19)16-13-7-6-8-14(10-13)17(3)4/h6-8,10,12,15-16H,5,9,11H2,1-4H3. The fraction of sp³-hybridized carbons (Fsp3) is 0.571. The van der Waals surface area contributed by atoms with Gasteiger partial charge in [-0.15, -0.1) is 0 Å². The van der Waals surface area contributed by atoms with Gasteiger partial charge in [0.05, 0.1) is 10.9 Å². The quantitative estimate of drug-likeness (QED) is 0.720. The van der Waals surface area contributed by atoms with E-state index in [1.54, 1.807) is 13.0 Å². The van der Waals surface area contributed by atoms with Crippen LogP contribution in [0.25, 0.3) is 0 Å². The summed E-state index contributed by atoms with van der Waals surface area (Å²) in [5.74, 6) is 0. The first-order valence-corrected chi connectivity index (χ1v) is 8.41. The molecular weight excluding hydrogens is 274 g/mol. The minimum absolute atomic E-state index is 0.455. The molecule has 0 aliphatic rings. The number of anilines is 2. The van der Waals surface area contributed by atoms with Gasteiger partial charge >= 0.3 is 0 Å². The highest BCUT2D eigenvalue weighted by atomic mass is 32.2. The topological polar surface area (TPSA) is 61.4 Å². The van der Waals surface area contributed by atoms with E-state index in [1.165, 1.54) is 0 Å². The lowest BCUT2D eigenvalue weighted by Crippen LogP contribution is -2.35. The number of benzene rings is 1. The molecule has 6 heteroatoms. The Morgan fingerprint density at radius 3 is 2.60 bits per heavy atom. The van der Waals surface area contributed by atoms with Crippen LogP contribution in [-0.2, 0) is 10.0 Å². The molecule has 0 aromatic heterocycles. The molecule has 0 fully saturated rings. The largest absolute Gasteiger partial charge is 0.378 e. The summed E-state index contributed by atoms with van der Waals surface area (Å²) in [5.41, 5.74) is 1.56. The van der Waals surface area contributed by atoms with Crippen molar-refractivity contribution in [3.63, 3.8) is 0 Å². The molecule has 1 aromatic rings. The minimum atomic E-state index is -3.37. The molecule has 1 rings (SSSR count). The smallest absolute Gasteiger partial charge is 0.236 e. The highest BCUT2D eigenvalue weighted by Crippen LogP contribution is 2.19. The van der Waals surface area contributed by atoms with Crippen LogP contribution in [0.2, 0.25) is 0 Å². The molecule has 20 heavy (non-hydrogen) atoms. The third-order valence-corrected chi connectivity index (χ3v) is 4.76. The van der Waals surface area contributed by atoms with Crippen molar-refractivity contribution in [1.82, 2.24) is 5.32 Å². The number of sulfonamides is 1. The van der Waals surface area contributed by atoms with E-state index >= 15 is 0 Å². The van der Waals surface area contributed by atoms with Gasteiger partial charge in [0.25, 0.3) is 0 Å². The van der Waals surface area contributed by atoms with Gasteiger partial charge in [0.2, 0.25) is 10.0 Å². The van der Waals surface area contributed by atoms with Crippen LogP contribution in [-0.4, -0.2) is 40.9 Å². The Morgan fingerprint density at radius 2 is 2.00 bits per heavy atom. The van der Waals surface area contributed by atoms with Crippen molar-refractivity contribution in [3.8, 4) is 0 Å². The van der Waals surface area contributed by atoms with Gasteiger partial charge in [0.1, 0.15) is 0 Å². The maximum absolute atomic E-state index is 12.2. The molecule has 1 atom stereocenters. The molecule has 0 saturated carbocycles. The summed E-state index contributed by atoms with van der Waals surface area (Å²) < 4.78 is 27.1. The predicted octanol–water partition coefficient (Wildman–Crippen LogP) is 1.88. The molecule has 0 radical (unpaired) electrons. The lowest BCUT2D eigenvalue weighted by atomic mass is 10.3. The zero-order valence-electron chi connectivity index (χ0n) is 12.7. The second-order valence-electron chi connectivity index (χ2n) is 5.11. The van der Waals surface area contributed by atoms with Crippen LogP contribution < -0.4 is 14.9 Å². The second kappa shape index (κ2) is 7.50. The SMILES string of the molecule is CCCNCC(C)S(=O)(=O)Nc1cccc(N(C)C)c1. The van der Waals surface area contributed by atoms with E-state index in [1.807, 2.05) is 37.2 Å². The number of rotatable bonds is 8. The lowest BCUT2D eigenvalue weighted by molar-refractivity contribution is 0.576. The molecular formula is C14H25N3O2S. The Kier molecular flexibility index (Phi) is 6.29. The van der Waals surface area contributed by atoms with E-state index < -0.39 is 15.3 Å². The van der Waals surface area contributed by atoms with Gasteiger partial charge in [-0.25, -0.2) is 8.42 Å². The molecule has 1 aromatic carbocycles. The van der Waals surface area contributed by atoms with Crippen LogP contribution in [0.5, 0.6) is 0 Å². The Balaban J connectivity index is 2.72. The summed E-state index contributed by atoms with van der Waals surface area (Å²) in [6.45, 7) is 5.05. The first kappa shape index (κ1) is 16.8. The number of hydrogen-bond acceptors (Lipinski definition) is 4. The van der Waals surface area contributed by atoms with Gasteiger partial charge in [-0.1, -0.05) is 13.0 Å². The van der Waals surface area contributed by atoms with Crippen molar-refractivity contribution in [3.05, 3.63) is 24.3 Å². The fourth-order valence-corrected chi connectivity index (χ4v) is 2.70. The Labute approximate surface area is 122 Å². The van der Waals surface area contributed by atoms with Gasteiger partial charge in [0.15, 0.2) is 0 Å². The van der Waals surface area contributed by atoms with Gasteiger partial charge in [-0.3, -0.25) is 4.72 Å². The first-order chi connectivity index (χ1) is 9.36. The van der Waals surface area contributed by atoms with Crippen molar-refractivity contribution < 1.29 is 8.42 Å². The number of nitrogens with zero attached hydrogens (tertiary/aromatic N) is 1. The second-order valence-corrected chi connectivity index (χ2v) is 7.21. The third-order valence-electron chi connectivity index (χ3n) is 3.01. The van der Waals surface area contributed by atoms with E-state index in [2.05, 4.69) is 17.0 Å². The Bertz CT molecular complexity index is 515. The van der Waals surface area contributed by atoms with E-state index in [0.717, 1.165) is 18.7 Å². The highest BCUT2D eigenvalue weighted by molar-refractivity contribution is 7.93. The van der Waals surface area contributed by atoms with Crippen LogP contribution >= 0.6 is 0 Å². The Hall–Kier alpha value is -1.27. The zero-order chi connectivity index (χ0) is 15.2. The van der Waals surface area contributed by atoms with Gasteiger partial charge in [0, 0.05) is 26.3 Å². The monoisotopic (exact) mass is 299 g/mol. The van der Waals surface area contributed by atoms with E-state index in [4.69, 9.17) is 0 Å². The molecule has 0 heterocycles. The Morgan fingerprint density at radius 1 is 1.30 bits per heavy atom. The van der Waals surface area contributed by atoms with Crippen LogP contribution in [0.3, 0.4) is 0 Å². The van der Waals surface area contributed by atoms with Crippen LogP contribution in [0.1, 0.15) is 20.3 Å². The summed E-state index contributed by atoms with van der Waals surface area (Å²) in [5, 5.41) is 2.65. The number of nitrogens with one attached hydrogen (secondary N) is 2. The summed E-state index contributed by atoms with van der Waals surface area (Å²) in [7, 11) is 0.476. The third kappa shape index (κ3) is 5.02. The van der Waals surface area contributed by atoms with Gasteiger partial charge in [-0.05, 0) is 38.1 Å². The molecule has 114 valence electrons. The first-order valence-electron chi connectivity index (χ1n) is 6.86. The molecule has 0 saturated heterocycles.